The molecule has 1 atom stereocenters. The molecule has 1 N–H and O–H groups in total. The number of benzene rings is 1. The van der Waals surface area contributed by atoms with Gasteiger partial charge < -0.3 is 9.73 Å². The number of carbonyl (C=O) groups excluding carboxylic acids is 1. The van der Waals surface area contributed by atoms with Crippen molar-refractivity contribution >= 4 is 17.2 Å². The van der Waals surface area contributed by atoms with Crippen molar-refractivity contribution in [3.63, 3.8) is 0 Å². The largest absolute Gasteiger partial charge is 0.437 e. The zero-order valence-electron chi connectivity index (χ0n) is 15.4. The second-order valence-corrected chi connectivity index (χ2v) is 7.85. The van der Waals surface area contributed by atoms with Gasteiger partial charge in [0, 0.05) is 32.1 Å². The fraction of sp³-hybridized carbons (Fsp3) is 0.350. The van der Waals surface area contributed by atoms with Gasteiger partial charge in [-0.05, 0) is 23.4 Å². The number of carbonyl (C=O) groups is 1. The molecule has 1 fully saturated rings. The summed E-state index contributed by atoms with van der Waals surface area (Å²) in [5.74, 6) is -0.307. The Bertz CT molecular complexity index is 965. The number of thiophene rings is 1. The highest BCUT2D eigenvalue weighted by molar-refractivity contribution is 7.13. The van der Waals surface area contributed by atoms with E-state index in [2.05, 4.69) is 27.4 Å². The number of aryl methyl sites for hydroxylation is 1. The highest BCUT2D eigenvalue weighted by Crippen LogP contribution is 2.21. The maximum absolute atomic E-state index is 12.3. The van der Waals surface area contributed by atoms with E-state index in [4.69, 9.17) is 4.42 Å². The van der Waals surface area contributed by atoms with Crippen molar-refractivity contribution in [3.8, 4) is 10.8 Å². The van der Waals surface area contributed by atoms with Gasteiger partial charge in [-0.3, -0.25) is 9.69 Å². The third-order valence-electron chi connectivity index (χ3n) is 4.78. The molecule has 1 amide bonds. The van der Waals surface area contributed by atoms with Crippen LogP contribution in [0.2, 0.25) is 0 Å². The first-order chi connectivity index (χ1) is 13.7. The van der Waals surface area contributed by atoms with Gasteiger partial charge in [-0.15, -0.1) is 16.4 Å². The Labute approximate surface area is 166 Å². The Morgan fingerprint density at radius 3 is 2.89 bits per heavy atom. The van der Waals surface area contributed by atoms with Gasteiger partial charge in [-0.25, -0.2) is 4.79 Å². The Morgan fingerprint density at radius 2 is 2.11 bits per heavy atom. The molecule has 1 aromatic carbocycles. The lowest BCUT2D eigenvalue weighted by Gasteiger charge is -2.16. The Balaban J connectivity index is 1.25. The van der Waals surface area contributed by atoms with Crippen molar-refractivity contribution in [2.24, 2.45) is 0 Å². The van der Waals surface area contributed by atoms with Crippen molar-refractivity contribution in [1.29, 1.82) is 0 Å². The summed E-state index contributed by atoms with van der Waals surface area (Å²) in [6.07, 6.45) is 1.14. The van der Waals surface area contributed by atoms with Gasteiger partial charge in [0.15, 0.2) is 0 Å². The predicted molar refractivity (Wildman–Crippen MR) is 107 cm³/mol. The molecule has 7 nitrogen and oxygen atoms in total. The summed E-state index contributed by atoms with van der Waals surface area (Å²) in [5.41, 5.74) is 1.28. The number of rotatable bonds is 7. The molecule has 0 aliphatic carbocycles. The maximum Gasteiger partial charge on any atom is 0.437 e. The summed E-state index contributed by atoms with van der Waals surface area (Å²) < 4.78 is 6.38. The second kappa shape index (κ2) is 8.53. The lowest BCUT2D eigenvalue weighted by molar-refractivity contribution is -0.122. The molecule has 2 aromatic heterocycles. The molecule has 4 rings (SSSR count). The lowest BCUT2D eigenvalue weighted by Crippen LogP contribution is -2.37. The molecular formula is C20H22N4O3S. The quantitative estimate of drug-likeness (QED) is 0.661. The van der Waals surface area contributed by atoms with Crippen LogP contribution in [0.5, 0.6) is 0 Å². The molecule has 28 heavy (non-hydrogen) atoms. The summed E-state index contributed by atoms with van der Waals surface area (Å²) in [7, 11) is 0. The van der Waals surface area contributed by atoms with E-state index in [1.807, 2.05) is 35.7 Å². The van der Waals surface area contributed by atoms with Crippen LogP contribution in [0.4, 0.5) is 0 Å². The van der Waals surface area contributed by atoms with Crippen LogP contribution < -0.4 is 11.1 Å². The fourth-order valence-corrected chi connectivity index (χ4v) is 4.03. The van der Waals surface area contributed by atoms with Gasteiger partial charge in [-0.2, -0.15) is 4.68 Å². The van der Waals surface area contributed by atoms with Crippen LogP contribution in [0.15, 0.2) is 57.1 Å². The van der Waals surface area contributed by atoms with E-state index in [0.29, 0.717) is 5.89 Å². The molecule has 0 unspecified atom stereocenters. The van der Waals surface area contributed by atoms with Gasteiger partial charge >= 0.3 is 5.76 Å². The number of nitrogens with zero attached hydrogens (tertiary/aromatic N) is 3. The van der Waals surface area contributed by atoms with Crippen LogP contribution in [0.1, 0.15) is 18.4 Å². The average molecular weight is 398 g/mol. The summed E-state index contributed by atoms with van der Waals surface area (Å²) in [4.78, 5) is 27.3. The van der Waals surface area contributed by atoms with Gasteiger partial charge in [0.05, 0.1) is 11.4 Å². The molecule has 1 saturated heterocycles. The number of likely N-dealkylation sites (tertiary alicyclic amines) is 1. The highest BCUT2D eigenvalue weighted by Gasteiger charge is 2.24. The molecule has 1 aliphatic heterocycles. The minimum Gasteiger partial charge on any atom is -0.387 e. The minimum absolute atomic E-state index is 0.0702. The first kappa shape index (κ1) is 18.6. The Morgan fingerprint density at radius 1 is 1.25 bits per heavy atom. The zero-order valence-corrected chi connectivity index (χ0v) is 16.2. The first-order valence-corrected chi connectivity index (χ1v) is 10.2. The van der Waals surface area contributed by atoms with E-state index >= 15 is 0 Å². The van der Waals surface area contributed by atoms with E-state index in [1.54, 1.807) is 0 Å². The normalized spacial score (nSPS) is 17.1. The average Bonchev–Trinajstić information content (AvgIpc) is 3.43. The second-order valence-electron chi connectivity index (χ2n) is 6.90. The van der Waals surface area contributed by atoms with Crippen molar-refractivity contribution < 1.29 is 9.21 Å². The van der Waals surface area contributed by atoms with Gasteiger partial charge in [0.1, 0.15) is 0 Å². The number of nitrogens with one attached hydrogen (secondary N) is 1. The Kier molecular flexibility index (Phi) is 5.68. The van der Waals surface area contributed by atoms with Crippen LogP contribution in [-0.2, 0) is 17.9 Å². The number of hydrogen-bond donors (Lipinski definition) is 1. The van der Waals surface area contributed by atoms with Crippen molar-refractivity contribution in [1.82, 2.24) is 20.0 Å². The molecule has 3 heterocycles. The van der Waals surface area contributed by atoms with E-state index < -0.39 is 5.76 Å². The fourth-order valence-electron chi connectivity index (χ4n) is 3.39. The zero-order chi connectivity index (χ0) is 19.3. The molecule has 1 aliphatic rings. The number of hydrogen-bond acceptors (Lipinski definition) is 6. The lowest BCUT2D eigenvalue weighted by atomic mass is 10.2. The SMILES string of the molecule is O=C(CCn1nc(-c2cccs2)oc1=O)N[C@H]1CCN(Cc2ccccc2)C1. The maximum atomic E-state index is 12.3. The molecule has 0 radical (unpaired) electrons. The standard InChI is InChI=1S/C20H22N4O3S/c25-18(9-11-24-20(26)27-19(22-24)17-7-4-12-28-17)21-16-8-10-23(14-16)13-15-5-2-1-3-6-15/h1-7,12,16H,8-11,13-14H2,(H,21,25)/t16-/m0/s1. The van der Waals surface area contributed by atoms with Crippen LogP contribution in [-0.4, -0.2) is 39.7 Å². The third kappa shape index (κ3) is 4.58. The third-order valence-corrected chi connectivity index (χ3v) is 5.63. The molecule has 146 valence electrons. The van der Waals surface area contributed by atoms with Crippen molar-refractivity contribution in [2.75, 3.05) is 13.1 Å². The van der Waals surface area contributed by atoms with E-state index in [-0.39, 0.29) is 24.9 Å². The molecule has 0 bridgehead atoms. The summed E-state index contributed by atoms with van der Waals surface area (Å²) in [5, 5.41) is 9.13. The summed E-state index contributed by atoms with van der Waals surface area (Å²) >= 11 is 1.45. The number of aromatic nitrogens is 2. The van der Waals surface area contributed by atoms with Crippen molar-refractivity contribution in [3.05, 3.63) is 64.0 Å². The van der Waals surface area contributed by atoms with Gasteiger partial charge in [-0.1, -0.05) is 36.4 Å². The van der Waals surface area contributed by atoms with Crippen LogP contribution in [0, 0.1) is 0 Å². The predicted octanol–water partition coefficient (Wildman–Crippen LogP) is 2.35. The van der Waals surface area contributed by atoms with E-state index in [0.717, 1.165) is 30.9 Å². The monoisotopic (exact) mass is 398 g/mol. The van der Waals surface area contributed by atoms with Crippen LogP contribution in [0.3, 0.4) is 0 Å². The topological polar surface area (TPSA) is 80.4 Å². The van der Waals surface area contributed by atoms with Gasteiger partial charge in [0.2, 0.25) is 5.91 Å². The molecule has 3 aromatic rings. The van der Waals surface area contributed by atoms with Crippen molar-refractivity contribution in [2.45, 2.75) is 32.0 Å². The van der Waals surface area contributed by atoms with Crippen LogP contribution in [0.25, 0.3) is 10.8 Å². The molecule has 0 saturated carbocycles. The van der Waals surface area contributed by atoms with E-state index in [9.17, 15) is 9.59 Å². The summed E-state index contributed by atoms with van der Waals surface area (Å²) in [6, 6.07) is 14.2. The first-order valence-electron chi connectivity index (χ1n) is 9.35. The van der Waals surface area contributed by atoms with Gasteiger partial charge in [0.25, 0.3) is 5.89 Å². The molecular weight excluding hydrogens is 376 g/mol. The molecule has 0 spiro atoms. The number of amides is 1. The van der Waals surface area contributed by atoms with E-state index in [1.165, 1.54) is 21.6 Å². The van der Waals surface area contributed by atoms with Crippen LogP contribution >= 0.6 is 11.3 Å². The minimum atomic E-state index is -0.536. The highest BCUT2D eigenvalue weighted by atomic mass is 32.1. The smallest absolute Gasteiger partial charge is 0.387 e. The Hall–Kier alpha value is -2.71. The molecule has 8 heteroatoms. The summed E-state index contributed by atoms with van der Waals surface area (Å²) in [6.45, 7) is 2.91.